The lowest BCUT2D eigenvalue weighted by Crippen LogP contribution is -2.31. The zero-order chi connectivity index (χ0) is 11.0. The Hall–Kier alpha value is -1.04. The van der Waals surface area contributed by atoms with Crippen molar-refractivity contribution in [2.24, 2.45) is 5.92 Å². The molecule has 1 atom stereocenters. The summed E-state index contributed by atoms with van der Waals surface area (Å²) in [6.07, 6.45) is 2.17. The monoisotopic (exact) mass is 196 g/mol. The smallest absolute Gasteiger partial charge is 0.223 e. The van der Waals surface area contributed by atoms with Crippen LogP contribution in [-0.4, -0.2) is 23.9 Å². The van der Waals surface area contributed by atoms with Gasteiger partial charge in [-0.25, -0.2) is 0 Å². The summed E-state index contributed by atoms with van der Waals surface area (Å²) in [5.41, 5.74) is 0. The number of hydrogen-bond acceptors (Lipinski definition) is 2. The molecular formula is C11H20N2O. The van der Waals surface area contributed by atoms with Gasteiger partial charge in [-0.3, -0.25) is 4.79 Å². The summed E-state index contributed by atoms with van der Waals surface area (Å²) in [5.74, 6) is 0.00287. The number of nitrogens with zero attached hydrogens (tertiary/aromatic N) is 2. The van der Waals surface area contributed by atoms with Crippen molar-refractivity contribution in [3.8, 4) is 6.07 Å². The van der Waals surface area contributed by atoms with Crippen molar-refractivity contribution in [2.45, 2.75) is 40.0 Å². The third-order valence-corrected chi connectivity index (χ3v) is 2.36. The zero-order valence-electron chi connectivity index (χ0n) is 9.42. The molecule has 1 unspecified atom stereocenters. The van der Waals surface area contributed by atoms with E-state index in [1.165, 1.54) is 0 Å². The molecule has 0 aliphatic rings. The molecule has 0 aromatic carbocycles. The van der Waals surface area contributed by atoms with Crippen molar-refractivity contribution in [3.63, 3.8) is 0 Å². The summed E-state index contributed by atoms with van der Waals surface area (Å²) in [6, 6.07) is 2.19. The molecule has 0 aliphatic carbocycles. The number of rotatable bonds is 6. The van der Waals surface area contributed by atoms with Gasteiger partial charge in [0, 0.05) is 19.5 Å². The van der Waals surface area contributed by atoms with Crippen molar-refractivity contribution in [1.82, 2.24) is 4.90 Å². The molecule has 80 valence electrons. The van der Waals surface area contributed by atoms with E-state index in [9.17, 15) is 4.79 Å². The average Bonchev–Trinajstić information content (AvgIpc) is 2.19. The summed E-state index contributed by atoms with van der Waals surface area (Å²) < 4.78 is 0. The van der Waals surface area contributed by atoms with E-state index in [1.807, 2.05) is 20.8 Å². The van der Waals surface area contributed by atoms with Crippen molar-refractivity contribution in [3.05, 3.63) is 0 Å². The van der Waals surface area contributed by atoms with E-state index in [2.05, 4.69) is 6.07 Å². The maximum Gasteiger partial charge on any atom is 0.223 e. The Labute approximate surface area is 86.7 Å². The maximum absolute atomic E-state index is 11.6. The van der Waals surface area contributed by atoms with Gasteiger partial charge in [0.2, 0.25) is 5.91 Å². The predicted octanol–water partition coefficient (Wildman–Crippen LogP) is 2.18. The third kappa shape index (κ3) is 4.27. The maximum atomic E-state index is 11.6. The van der Waals surface area contributed by atoms with Crippen LogP contribution in [0.15, 0.2) is 0 Å². The fourth-order valence-electron chi connectivity index (χ4n) is 1.48. The molecule has 3 nitrogen and oxygen atoms in total. The van der Waals surface area contributed by atoms with Crippen molar-refractivity contribution < 1.29 is 4.79 Å². The fraction of sp³-hybridized carbons (Fsp3) is 0.818. The van der Waals surface area contributed by atoms with Crippen molar-refractivity contribution in [1.29, 1.82) is 5.26 Å². The van der Waals surface area contributed by atoms with Crippen LogP contribution < -0.4 is 0 Å². The Bertz CT molecular complexity index is 204. The topological polar surface area (TPSA) is 44.1 Å². The molecule has 0 heterocycles. The number of carbonyl (C=O) groups excluding carboxylic acids is 1. The standard InChI is InChI=1S/C11H20N2O/c1-4-7-10(9-12)8-11(14)13(5-2)6-3/h10H,4-8H2,1-3H3. The molecule has 0 bridgehead atoms. The Morgan fingerprint density at radius 1 is 1.36 bits per heavy atom. The summed E-state index contributed by atoms with van der Waals surface area (Å²) in [5, 5.41) is 8.81. The number of nitriles is 1. The minimum absolute atomic E-state index is 0.104. The van der Waals surface area contributed by atoms with Crippen LogP contribution in [0.25, 0.3) is 0 Å². The largest absolute Gasteiger partial charge is 0.343 e. The summed E-state index contributed by atoms with van der Waals surface area (Å²) in [7, 11) is 0. The molecule has 0 radical (unpaired) electrons. The van der Waals surface area contributed by atoms with Crippen LogP contribution in [0.2, 0.25) is 0 Å². The van der Waals surface area contributed by atoms with E-state index in [4.69, 9.17) is 5.26 Å². The first-order valence-corrected chi connectivity index (χ1v) is 5.36. The first kappa shape index (κ1) is 13.0. The van der Waals surface area contributed by atoms with E-state index in [-0.39, 0.29) is 11.8 Å². The molecule has 14 heavy (non-hydrogen) atoms. The molecule has 0 spiro atoms. The van der Waals surface area contributed by atoms with Gasteiger partial charge in [0.1, 0.15) is 0 Å². The van der Waals surface area contributed by atoms with Crippen molar-refractivity contribution in [2.75, 3.05) is 13.1 Å². The molecule has 0 N–H and O–H groups in total. The molecule has 0 saturated heterocycles. The second-order valence-electron chi connectivity index (χ2n) is 3.38. The van der Waals surface area contributed by atoms with E-state index in [0.717, 1.165) is 25.9 Å². The van der Waals surface area contributed by atoms with Crippen LogP contribution in [0.1, 0.15) is 40.0 Å². The quantitative estimate of drug-likeness (QED) is 0.653. The van der Waals surface area contributed by atoms with Gasteiger partial charge in [0.15, 0.2) is 0 Å². The van der Waals surface area contributed by atoms with Crippen LogP contribution in [0.3, 0.4) is 0 Å². The second kappa shape index (κ2) is 7.37. The van der Waals surface area contributed by atoms with Crippen LogP contribution in [-0.2, 0) is 4.79 Å². The van der Waals surface area contributed by atoms with E-state index >= 15 is 0 Å². The van der Waals surface area contributed by atoms with Gasteiger partial charge in [0.25, 0.3) is 0 Å². The number of amides is 1. The molecule has 3 heteroatoms. The predicted molar refractivity (Wildman–Crippen MR) is 56.6 cm³/mol. The lowest BCUT2D eigenvalue weighted by Gasteiger charge is -2.19. The average molecular weight is 196 g/mol. The highest BCUT2D eigenvalue weighted by molar-refractivity contribution is 5.76. The van der Waals surface area contributed by atoms with Crippen LogP contribution in [0.5, 0.6) is 0 Å². The van der Waals surface area contributed by atoms with Crippen LogP contribution >= 0.6 is 0 Å². The Morgan fingerprint density at radius 3 is 2.29 bits per heavy atom. The highest BCUT2D eigenvalue weighted by atomic mass is 16.2. The first-order chi connectivity index (χ1) is 6.69. The van der Waals surface area contributed by atoms with Gasteiger partial charge < -0.3 is 4.90 Å². The zero-order valence-corrected chi connectivity index (χ0v) is 9.42. The van der Waals surface area contributed by atoms with E-state index in [0.29, 0.717) is 6.42 Å². The minimum atomic E-state index is -0.104. The molecule has 1 amide bonds. The van der Waals surface area contributed by atoms with Gasteiger partial charge in [-0.2, -0.15) is 5.26 Å². The lowest BCUT2D eigenvalue weighted by atomic mass is 10.0. The number of carbonyl (C=O) groups is 1. The van der Waals surface area contributed by atoms with Crippen molar-refractivity contribution >= 4 is 5.91 Å². The number of hydrogen-bond donors (Lipinski definition) is 0. The molecule has 0 fully saturated rings. The summed E-state index contributed by atoms with van der Waals surface area (Å²) in [4.78, 5) is 13.4. The summed E-state index contributed by atoms with van der Waals surface area (Å²) >= 11 is 0. The van der Waals surface area contributed by atoms with E-state index < -0.39 is 0 Å². The Kier molecular flexibility index (Phi) is 6.82. The minimum Gasteiger partial charge on any atom is -0.343 e. The highest BCUT2D eigenvalue weighted by Gasteiger charge is 2.15. The molecule has 0 rings (SSSR count). The van der Waals surface area contributed by atoms with Gasteiger partial charge in [0.05, 0.1) is 12.0 Å². The van der Waals surface area contributed by atoms with Gasteiger partial charge in [-0.15, -0.1) is 0 Å². The lowest BCUT2D eigenvalue weighted by molar-refractivity contribution is -0.131. The normalized spacial score (nSPS) is 11.9. The first-order valence-electron chi connectivity index (χ1n) is 5.36. The molecular weight excluding hydrogens is 176 g/mol. The van der Waals surface area contributed by atoms with Gasteiger partial charge in [-0.05, 0) is 20.3 Å². The van der Waals surface area contributed by atoms with Crippen LogP contribution in [0, 0.1) is 17.2 Å². The third-order valence-electron chi connectivity index (χ3n) is 2.36. The van der Waals surface area contributed by atoms with Gasteiger partial charge >= 0.3 is 0 Å². The molecule has 0 aromatic heterocycles. The molecule has 0 aliphatic heterocycles. The molecule has 0 saturated carbocycles. The Balaban J connectivity index is 4.08. The van der Waals surface area contributed by atoms with E-state index in [1.54, 1.807) is 4.90 Å². The summed E-state index contributed by atoms with van der Waals surface area (Å²) in [6.45, 7) is 7.43. The van der Waals surface area contributed by atoms with Gasteiger partial charge in [-0.1, -0.05) is 13.3 Å². The fourth-order valence-corrected chi connectivity index (χ4v) is 1.48. The Morgan fingerprint density at radius 2 is 1.93 bits per heavy atom. The highest BCUT2D eigenvalue weighted by Crippen LogP contribution is 2.11. The SMILES string of the molecule is CCCC(C#N)CC(=O)N(CC)CC. The van der Waals surface area contributed by atoms with Crippen LogP contribution in [0.4, 0.5) is 0 Å². The molecule has 0 aromatic rings. The second-order valence-corrected chi connectivity index (χ2v) is 3.38.